The summed E-state index contributed by atoms with van der Waals surface area (Å²) in [5.74, 6) is 2.09. The van der Waals surface area contributed by atoms with Gasteiger partial charge in [-0.1, -0.05) is 39.0 Å². The molecule has 0 radical (unpaired) electrons. The van der Waals surface area contributed by atoms with Gasteiger partial charge < -0.3 is 5.32 Å². The predicted molar refractivity (Wildman–Crippen MR) is 70.6 cm³/mol. The molecule has 0 spiro atoms. The number of hydrogen-bond acceptors (Lipinski definition) is 1. The monoisotopic (exact) mass is 223 g/mol. The van der Waals surface area contributed by atoms with Crippen LogP contribution >= 0.6 is 0 Å². The van der Waals surface area contributed by atoms with Crippen molar-refractivity contribution in [3.05, 3.63) is 0 Å². The maximum absolute atomic E-state index is 3.79. The highest BCUT2D eigenvalue weighted by atomic mass is 14.9. The van der Waals surface area contributed by atoms with E-state index in [2.05, 4.69) is 12.2 Å². The Morgan fingerprint density at radius 3 is 2.19 bits per heavy atom. The van der Waals surface area contributed by atoms with Crippen LogP contribution in [0.3, 0.4) is 0 Å². The highest BCUT2D eigenvalue weighted by Crippen LogP contribution is 2.28. The molecule has 1 heteroatoms. The molecule has 1 nitrogen and oxygen atoms in total. The van der Waals surface area contributed by atoms with Crippen molar-refractivity contribution in [2.45, 2.75) is 77.2 Å². The van der Waals surface area contributed by atoms with Crippen LogP contribution in [0.25, 0.3) is 0 Å². The lowest BCUT2D eigenvalue weighted by Gasteiger charge is -2.28. The van der Waals surface area contributed by atoms with E-state index < -0.39 is 0 Å². The summed E-state index contributed by atoms with van der Waals surface area (Å²) in [4.78, 5) is 0. The first-order chi connectivity index (χ1) is 7.88. The highest BCUT2D eigenvalue weighted by Gasteiger charge is 2.20. The Labute approximate surface area is 101 Å². The molecule has 2 fully saturated rings. The summed E-state index contributed by atoms with van der Waals surface area (Å²) in [7, 11) is 0. The van der Waals surface area contributed by atoms with E-state index in [0.717, 1.165) is 17.9 Å². The topological polar surface area (TPSA) is 12.0 Å². The Bertz CT molecular complexity index is 176. The summed E-state index contributed by atoms with van der Waals surface area (Å²) < 4.78 is 0. The molecule has 0 aliphatic heterocycles. The van der Waals surface area contributed by atoms with Crippen molar-refractivity contribution in [2.24, 2.45) is 11.8 Å². The lowest BCUT2D eigenvalue weighted by atomic mass is 9.84. The molecule has 2 aliphatic carbocycles. The molecule has 2 aliphatic rings. The summed E-state index contributed by atoms with van der Waals surface area (Å²) in [6.45, 7) is 3.63. The normalized spacial score (nSPS) is 32.1. The van der Waals surface area contributed by atoms with Gasteiger partial charge in [0.15, 0.2) is 0 Å². The van der Waals surface area contributed by atoms with Gasteiger partial charge in [-0.05, 0) is 50.5 Å². The smallest absolute Gasteiger partial charge is 0.00672 e. The first-order valence-electron chi connectivity index (χ1n) is 7.62. The van der Waals surface area contributed by atoms with Crippen molar-refractivity contribution in [3.63, 3.8) is 0 Å². The number of rotatable bonds is 5. The molecule has 0 saturated heterocycles. The quantitative estimate of drug-likeness (QED) is 0.739. The van der Waals surface area contributed by atoms with Crippen LogP contribution < -0.4 is 5.32 Å². The zero-order chi connectivity index (χ0) is 11.2. The highest BCUT2D eigenvalue weighted by molar-refractivity contribution is 4.77. The molecular weight excluding hydrogens is 194 g/mol. The van der Waals surface area contributed by atoms with Crippen LogP contribution in [0.15, 0.2) is 0 Å². The molecule has 2 saturated carbocycles. The Balaban J connectivity index is 1.53. The van der Waals surface area contributed by atoms with Crippen LogP contribution in [0.5, 0.6) is 0 Å². The Hall–Kier alpha value is -0.0400. The summed E-state index contributed by atoms with van der Waals surface area (Å²) in [6.07, 6.45) is 14.6. The first kappa shape index (κ1) is 12.4. The van der Waals surface area contributed by atoms with Crippen LogP contribution in [0.4, 0.5) is 0 Å². The third kappa shape index (κ3) is 3.76. The van der Waals surface area contributed by atoms with Crippen molar-refractivity contribution in [2.75, 3.05) is 6.54 Å². The van der Waals surface area contributed by atoms with Crippen molar-refractivity contribution >= 4 is 0 Å². The molecule has 0 aromatic carbocycles. The van der Waals surface area contributed by atoms with E-state index in [4.69, 9.17) is 0 Å². The summed E-state index contributed by atoms with van der Waals surface area (Å²) in [5.41, 5.74) is 0. The molecule has 0 aromatic rings. The van der Waals surface area contributed by atoms with E-state index in [1.165, 1.54) is 70.8 Å². The largest absolute Gasteiger partial charge is 0.314 e. The van der Waals surface area contributed by atoms with E-state index in [0.29, 0.717) is 0 Å². The predicted octanol–water partition coefficient (Wildman–Crippen LogP) is 4.13. The van der Waals surface area contributed by atoms with Gasteiger partial charge in [0.05, 0.1) is 0 Å². The van der Waals surface area contributed by atoms with Crippen LogP contribution in [0, 0.1) is 11.8 Å². The summed E-state index contributed by atoms with van der Waals surface area (Å²) in [5, 5.41) is 3.79. The Kier molecular flexibility index (Phi) is 5.15. The van der Waals surface area contributed by atoms with Crippen LogP contribution in [-0.4, -0.2) is 12.6 Å². The van der Waals surface area contributed by atoms with Gasteiger partial charge in [-0.3, -0.25) is 0 Å². The summed E-state index contributed by atoms with van der Waals surface area (Å²) >= 11 is 0. The van der Waals surface area contributed by atoms with Gasteiger partial charge >= 0.3 is 0 Å². The summed E-state index contributed by atoms with van der Waals surface area (Å²) in [6, 6.07) is 0.851. The van der Waals surface area contributed by atoms with Gasteiger partial charge in [-0.2, -0.15) is 0 Å². The minimum absolute atomic E-state index is 0.851. The average Bonchev–Trinajstić information content (AvgIpc) is 2.83. The van der Waals surface area contributed by atoms with E-state index in [-0.39, 0.29) is 0 Å². The van der Waals surface area contributed by atoms with Gasteiger partial charge in [-0.25, -0.2) is 0 Å². The minimum atomic E-state index is 0.851. The maximum atomic E-state index is 3.79. The SMILES string of the molecule is CCC1CCC(NCCC2CCCC2)CC1. The second-order valence-electron chi connectivity index (χ2n) is 6.02. The zero-order valence-corrected chi connectivity index (χ0v) is 11.0. The Morgan fingerprint density at radius 2 is 1.56 bits per heavy atom. The zero-order valence-electron chi connectivity index (χ0n) is 11.0. The fourth-order valence-electron chi connectivity index (χ4n) is 3.57. The molecule has 0 aromatic heterocycles. The standard InChI is InChI=1S/C15H29N/c1-2-13-7-9-15(10-8-13)16-12-11-14-5-3-4-6-14/h13-16H,2-12H2,1H3. The van der Waals surface area contributed by atoms with Crippen molar-refractivity contribution in [3.8, 4) is 0 Å². The molecule has 0 amide bonds. The van der Waals surface area contributed by atoms with Crippen LogP contribution in [-0.2, 0) is 0 Å². The first-order valence-corrected chi connectivity index (χ1v) is 7.62. The average molecular weight is 223 g/mol. The fourth-order valence-corrected chi connectivity index (χ4v) is 3.57. The van der Waals surface area contributed by atoms with Gasteiger partial charge in [0.1, 0.15) is 0 Å². The molecule has 0 bridgehead atoms. The minimum Gasteiger partial charge on any atom is -0.314 e. The third-order valence-electron chi connectivity index (χ3n) is 4.88. The third-order valence-corrected chi connectivity index (χ3v) is 4.88. The molecule has 16 heavy (non-hydrogen) atoms. The van der Waals surface area contributed by atoms with E-state index >= 15 is 0 Å². The number of nitrogens with one attached hydrogen (secondary N) is 1. The lowest BCUT2D eigenvalue weighted by molar-refractivity contribution is 0.281. The molecular formula is C15H29N. The molecule has 0 heterocycles. The fraction of sp³-hybridized carbons (Fsp3) is 1.00. The maximum Gasteiger partial charge on any atom is 0.00672 e. The van der Waals surface area contributed by atoms with Gasteiger partial charge in [0.2, 0.25) is 0 Å². The van der Waals surface area contributed by atoms with E-state index in [9.17, 15) is 0 Å². The van der Waals surface area contributed by atoms with Crippen molar-refractivity contribution in [1.29, 1.82) is 0 Å². The van der Waals surface area contributed by atoms with Crippen LogP contribution in [0.1, 0.15) is 71.1 Å². The second kappa shape index (κ2) is 6.64. The van der Waals surface area contributed by atoms with Crippen LogP contribution in [0.2, 0.25) is 0 Å². The van der Waals surface area contributed by atoms with E-state index in [1.54, 1.807) is 0 Å². The molecule has 1 N–H and O–H groups in total. The van der Waals surface area contributed by atoms with E-state index in [1.807, 2.05) is 0 Å². The molecule has 0 unspecified atom stereocenters. The molecule has 0 atom stereocenters. The van der Waals surface area contributed by atoms with Gasteiger partial charge in [0.25, 0.3) is 0 Å². The van der Waals surface area contributed by atoms with Crippen molar-refractivity contribution in [1.82, 2.24) is 5.32 Å². The van der Waals surface area contributed by atoms with Gasteiger partial charge in [0, 0.05) is 6.04 Å². The van der Waals surface area contributed by atoms with Gasteiger partial charge in [-0.15, -0.1) is 0 Å². The lowest BCUT2D eigenvalue weighted by Crippen LogP contribution is -2.34. The number of hydrogen-bond donors (Lipinski definition) is 1. The Morgan fingerprint density at radius 1 is 0.875 bits per heavy atom. The molecule has 94 valence electrons. The van der Waals surface area contributed by atoms with Crippen molar-refractivity contribution < 1.29 is 0 Å². The second-order valence-corrected chi connectivity index (χ2v) is 6.02. The molecule has 2 rings (SSSR count).